The van der Waals surface area contributed by atoms with Gasteiger partial charge in [-0.2, -0.15) is 0 Å². The summed E-state index contributed by atoms with van der Waals surface area (Å²) in [4.78, 5) is 25.0. The highest BCUT2D eigenvalue weighted by molar-refractivity contribution is 7.14. The Morgan fingerprint density at radius 1 is 1.24 bits per heavy atom. The number of fused-ring (bicyclic) bond motifs is 1. The Balaban J connectivity index is 1.73. The van der Waals surface area contributed by atoms with Gasteiger partial charge in [0, 0.05) is 10.6 Å². The van der Waals surface area contributed by atoms with Crippen molar-refractivity contribution in [3.8, 4) is 0 Å². The van der Waals surface area contributed by atoms with Crippen molar-refractivity contribution in [3.63, 3.8) is 0 Å². The number of aryl methyl sites for hydroxylation is 2. The van der Waals surface area contributed by atoms with E-state index in [0.29, 0.717) is 11.3 Å². The monoisotopic (exact) mass is 301 g/mol. The van der Waals surface area contributed by atoms with Crippen molar-refractivity contribution in [3.05, 3.63) is 51.2 Å². The topological polar surface area (TPSA) is 66.4 Å². The number of hydrogen-bond acceptors (Lipinski definition) is 3. The van der Waals surface area contributed by atoms with Gasteiger partial charge in [-0.25, -0.2) is 0 Å². The van der Waals surface area contributed by atoms with Crippen molar-refractivity contribution in [2.45, 2.75) is 25.7 Å². The standard InChI is InChI=1S/C16H15NO3S/c18-15(19)8-10-3-1-5-12(7-10)17-16(20)14-9-11-4-2-6-13(11)21-14/h1,3,5,7,9H,2,4,6,8H2,(H,17,20)(H,18,19). The highest BCUT2D eigenvalue weighted by Crippen LogP contribution is 2.31. The molecule has 3 rings (SSSR count). The van der Waals surface area contributed by atoms with Crippen LogP contribution >= 0.6 is 11.3 Å². The summed E-state index contributed by atoms with van der Waals surface area (Å²) in [6.45, 7) is 0. The first-order valence-corrected chi connectivity index (χ1v) is 7.67. The van der Waals surface area contributed by atoms with E-state index in [1.807, 2.05) is 6.07 Å². The summed E-state index contributed by atoms with van der Waals surface area (Å²) in [7, 11) is 0. The molecule has 5 heteroatoms. The van der Waals surface area contributed by atoms with Crippen LogP contribution in [0.2, 0.25) is 0 Å². The number of carbonyl (C=O) groups excluding carboxylic acids is 1. The number of anilines is 1. The molecule has 0 aliphatic heterocycles. The smallest absolute Gasteiger partial charge is 0.307 e. The molecule has 1 aromatic heterocycles. The first kappa shape index (κ1) is 13.8. The average Bonchev–Trinajstić information content (AvgIpc) is 2.98. The Bertz CT molecular complexity index is 684. The maximum absolute atomic E-state index is 12.2. The van der Waals surface area contributed by atoms with E-state index in [1.165, 1.54) is 16.9 Å². The van der Waals surface area contributed by atoms with Crippen molar-refractivity contribution in [2.75, 3.05) is 5.32 Å². The largest absolute Gasteiger partial charge is 0.481 e. The van der Waals surface area contributed by atoms with Gasteiger partial charge < -0.3 is 10.4 Å². The fraction of sp³-hybridized carbons (Fsp3) is 0.250. The molecule has 0 atom stereocenters. The summed E-state index contributed by atoms with van der Waals surface area (Å²) < 4.78 is 0. The number of carbonyl (C=O) groups is 2. The molecule has 1 aliphatic rings. The number of hydrogen-bond donors (Lipinski definition) is 2. The van der Waals surface area contributed by atoms with Crippen LogP contribution in [-0.4, -0.2) is 17.0 Å². The van der Waals surface area contributed by atoms with Crippen LogP contribution < -0.4 is 5.32 Å². The number of nitrogens with one attached hydrogen (secondary N) is 1. The lowest BCUT2D eigenvalue weighted by Crippen LogP contribution is -2.10. The molecule has 1 aromatic carbocycles. The van der Waals surface area contributed by atoms with Crippen LogP contribution in [0.1, 0.15) is 32.1 Å². The van der Waals surface area contributed by atoms with Crippen molar-refractivity contribution in [1.82, 2.24) is 0 Å². The molecular formula is C16H15NO3S. The van der Waals surface area contributed by atoms with Crippen molar-refractivity contribution >= 4 is 28.9 Å². The highest BCUT2D eigenvalue weighted by atomic mass is 32.1. The fourth-order valence-electron chi connectivity index (χ4n) is 2.57. The number of rotatable bonds is 4. The number of carboxylic acid groups (broad SMARTS) is 1. The first-order chi connectivity index (χ1) is 10.1. The third-order valence-corrected chi connectivity index (χ3v) is 4.75. The SMILES string of the molecule is O=C(O)Cc1cccc(NC(=O)c2cc3c(s2)CCC3)c1. The summed E-state index contributed by atoms with van der Waals surface area (Å²) in [5.74, 6) is -1.00. The van der Waals surface area contributed by atoms with Gasteiger partial charge in [-0.1, -0.05) is 12.1 Å². The molecule has 0 bridgehead atoms. The number of thiophene rings is 1. The van der Waals surface area contributed by atoms with Gasteiger partial charge in [-0.05, 0) is 48.6 Å². The zero-order valence-electron chi connectivity index (χ0n) is 11.4. The van der Waals surface area contributed by atoms with E-state index in [4.69, 9.17) is 5.11 Å². The van der Waals surface area contributed by atoms with Gasteiger partial charge in [0.05, 0.1) is 11.3 Å². The second-order valence-electron chi connectivity index (χ2n) is 5.14. The minimum absolute atomic E-state index is 0.0446. The minimum atomic E-state index is -0.881. The second-order valence-corrected chi connectivity index (χ2v) is 6.27. The van der Waals surface area contributed by atoms with Crippen LogP contribution in [0.5, 0.6) is 0 Å². The average molecular weight is 301 g/mol. The molecule has 0 unspecified atom stereocenters. The van der Waals surface area contributed by atoms with E-state index < -0.39 is 5.97 Å². The van der Waals surface area contributed by atoms with Crippen LogP contribution in [0.25, 0.3) is 0 Å². The molecule has 2 N–H and O–H groups in total. The van der Waals surface area contributed by atoms with Crippen LogP contribution in [0.3, 0.4) is 0 Å². The molecule has 4 nitrogen and oxygen atoms in total. The van der Waals surface area contributed by atoms with Crippen LogP contribution in [0.15, 0.2) is 30.3 Å². The van der Waals surface area contributed by atoms with E-state index in [-0.39, 0.29) is 12.3 Å². The number of carboxylic acids is 1. The third kappa shape index (κ3) is 3.13. The van der Waals surface area contributed by atoms with Gasteiger partial charge in [0.25, 0.3) is 5.91 Å². The van der Waals surface area contributed by atoms with Crippen molar-refractivity contribution in [1.29, 1.82) is 0 Å². The maximum atomic E-state index is 12.2. The summed E-state index contributed by atoms with van der Waals surface area (Å²) in [5.41, 5.74) is 2.60. The van der Waals surface area contributed by atoms with E-state index in [1.54, 1.807) is 35.6 Å². The van der Waals surface area contributed by atoms with E-state index in [0.717, 1.165) is 17.7 Å². The third-order valence-electron chi connectivity index (χ3n) is 3.51. The Morgan fingerprint density at radius 3 is 2.86 bits per heavy atom. The maximum Gasteiger partial charge on any atom is 0.307 e. The van der Waals surface area contributed by atoms with Crippen molar-refractivity contribution < 1.29 is 14.7 Å². The Kier molecular flexibility index (Phi) is 3.75. The summed E-state index contributed by atoms with van der Waals surface area (Å²) in [6, 6.07) is 8.94. The van der Waals surface area contributed by atoms with Crippen LogP contribution in [0, 0.1) is 0 Å². The zero-order valence-corrected chi connectivity index (χ0v) is 12.2. The van der Waals surface area contributed by atoms with Gasteiger partial charge in [0.2, 0.25) is 0 Å². The molecule has 1 heterocycles. The van der Waals surface area contributed by atoms with Gasteiger partial charge in [-0.3, -0.25) is 9.59 Å². The predicted molar refractivity (Wildman–Crippen MR) is 82.1 cm³/mol. The molecular weight excluding hydrogens is 286 g/mol. The number of amides is 1. The second kappa shape index (κ2) is 5.69. The Morgan fingerprint density at radius 2 is 2.10 bits per heavy atom. The van der Waals surface area contributed by atoms with E-state index in [2.05, 4.69) is 5.32 Å². The summed E-state index contributed by atoms with van der Waals surface area (Å²) >= 11 is 1.56. The molecule has 0 saturated heterocycles. The van der Waals surface area contributed by atoms with E-state index in [9.17, 15) is 9.59 Å². The van der Waals surface area contributed by atoms with Gasteiger partial charge in [0.1, 0.15) is 0 Å². The molecule has 0 spiro atoms. The molecule has 21 heavy (non-hydrogen) atoms. The number of benzene rings is 1. The molecule has 108 valence electrons. The quantitative estimate of drug-likeness (QED) is 0.912. The zero-order chi connectivity index (χ0) is 14.8. The highest BCUT2D eigenvalue weighted by Gasteiger charge is 2.18. The van der Waals surface area contributed by atoms with Gasteiger partial charge in [-0.15, -0.1) is 11.3 Å². The molecule has 0 radical (unpaired) electrons. The molecule has 0 saturated carbocycles. The summed E-state index contributed by atoms with van der Waals surface area (Å²) in [6.07, 6.45) is 3.27. The molecule has 0 fully saturated rings. The van der Waals surface area contributed by atoms with Crippen molar-refractivity contribution in [2.24, 2.45) is 0 Å². The normalized spacial score (nSPS) is 13.0. The Labute approximate surface area is 126 Å². The summed E-state index contributed by atoms with van der Waals surface area (Å²) in [5, 5.41) is 11.6. The molecule has 1 amide bonds. The van der Waals surface area contributed by atoms with Gasteiger partial charge in [0.15, 0.2) is 0 Å². The van der Waals surface area contributed by atoms with Gasteiger partial charge >= 0.3 is 5.97 Å². The van der Waals surface area contributed by atoms with Crippen LogP contribution in [0.4, 0.5) is 5.69 Å². The lowest BCUT2D eigenvalue weighted by atomic mass is 10.1. The van der Waals surface area contributed by atoms with Crippen LogP contribution in [-0.2, 0) is 24.1 Å². The predicted octanol–water partition coefficient (Wildman–Crippen LogP) is 3.12. The molecule has 2 aromatic rings. The minimum Gasteiger partial charge on any atom is -0.481 e. The van der Waals surface area contributed by atoms with E-state index >= 15 is 0 Å². The lowest BCUT2D eigenvalue weighted by Gasteiger charge is -2.05. The lowest BCUT2D eigenvalue weighted by molar-refractivity contribution is -0.136. The first-order valence-electron chi connectivity index (χ1n) is 6.85. The Hall–Kier alpha value is -2.14. The molecule has 1 aliphatic carbocycles. The fourth-order valence-corrected chi connectivity index (χ4v) is 3.72. The number of aliphatic carboxylic acids is 1.